The zero-order valence-corrected chi connectivity index (χ0v) is 8.34. The number of hydrogen-bond acceptors (Lipinski definition) is 2. The molecular formula is C9H11BrN2. The molecule has 3 heteroatoms. The molecule has 0 unspecified atom stereocenters. The van der Waals surface area contributed by atoms with E-state index in [1.165, 1.54) is 19.3 Å². The van der Waals surface area contributed by atoms with Crippen LogP contribution in [-0.4, -0.2) is 4.98 Å². The fourth-order valence-corrected chi connectivity index (χ4v) is 2.00. The Hall–Kier alpha value is -0.570. The maximum Gasteiger partial charge on any atom is 0.0623 e. The summed E-state index contributed by atoms with van der Waals surface area (Å²) in [6.07, 6.45) is 5.63. The Labute approximate surface area is 80.3 Å². The molecule has 1 saturated carbocycles. The van der Waals surface area contributed by atoms with Crippen LogP contribution < -0.4 is 5.73 Å². The van der Waals surface area contributed by atoms with Gasteiger partial charge < -0.3 is 5.73 Å². The van der Waals surface area contributed by atoms with Crippen molar-refractivity contribution in [3.8, 4) is 0 Å². The van der Waals surface area contributed by atoms with Crippen LogP contribution >= 0.6 is 15.9 Å². The molecule has 0 aliphatic heterocycles. The highest BCUT2D eigenvalue weighted by molar-refractivity contribution is 9.10. The lowest BCUT2D eigenvalue weighted by Crippen LogP contribution is -2.11. The minimum Gasteiger partial charge on any atom is -0.398 e. The van der Waals surface area contributed by atoms with Crippen LogP contribution in [0, 0.1) is 0 Å². The third-order valence-corrected chi connectivity index (χ3v) is 3.30. The molecule has 64 valence electrons. The first kappa shape index (κ1) is 8.05. The fraction of sp³-hybridized carbons (Fsp3) is 0.444. The van der Waals surface area contributed by atoms with Crippen LogP contribution in [0.3, 0.4) is 0 Å². The maximum absolute atomic E-state index is 5.75. The van der Waals surface area contributed by atoms with Crippen LogP contribution in [-0.2, 0) is 0 Å². The molecule has 0 radical (unpaired) electrons. The van der Waals surface area contributed by atoms with E-state index in [1.54, 1.807) is 6.20 Å². The summed E-state index contributed by atoms with van der Waals surface area (Å²) < 4.78 is 0.995. The monoisotopic (exact) mass is 226 g/mol. The summed E-state index contributed by atoms with van der Waals surface area (Å²) in [6, 6.07) is 1.83. The number of halogens is 1. The molecule has 0 atom stereocenters. The van der Waals surface area contributed by atoms with E-state index >= 15 is 0 Å². The highest BCUT2D eigenvalue weighted by Crippen LogP contribution is 2.39. The lowest BCUT2D eigenvalue weighted by atomic mass is 9.82. The molecule has 1 heterocycles. The second-order valence-corrected chi connectivity index (χ2v) is 4.02. The van der Waals surface area contributed by atoms with Gasteiger partial charge in [-0.2, -0.15) is 0 Å². The molecule has 1 aromatic rings. The Morgan fingerprint density at radius 3 is 2.83 bits per heavy atom. The van der Waals surface area contributed by atoms with Gasteiger partial charge in [-0.25, -0.2) is 0 Å². The minimum atomic E-state index is 0.642. The first-order valence-corrected chi connectivity index (χ1v) is 4.98. The van der Waals surface area contributed by atoms with E-state index < -0.39 is 0 Å². The van der Waals surface area contributed by atoms with Crippen LogP contribution in [0.4, 0.5) is 5.69 Å². The van der Waals surface area contributed by atoms with E-state index in [1.807, 2.05) is 6.07 Å². The third kappa shape index (κ3) is 1.22. The van der Waals surface area contributed by atoms with E-state index in [4.69, 9.17) is 5.73 Å². The summed E-state index contributed by atoms with van der Waals surface area (Å²) in [5.41, 5.74) is 7.69. The lowest BCUT2D eigenvalue weighted by molar-refractivity contribution is 0.410. The topological polar surface area (TPSA) is 38.9 Å². The maximum atomic E-state index is 5.75. The second-order valence-electron chi connectivity index (χ2n) is 3.23. The number of nitrogen functional groups attached to an aromatic ring is 1. The number of hydrogen-bond donors (Lipinski definition) is 1. The smallest absolute Gasteiger partial charge is 0.0623 e. The average molecular weight is 227 g/mol. The number of pyridine rings is 1. The molecule has 0 saturated heterocycles. The van der Waals surface area contributed by atoms with Gasteiger partial charge in [0.15, 0.2) is 0 Å². The van der Waals surface area contributed by atoms with E-state index in [-0.39, 0.29) is 0 Å². The number of aromatic nitrogens is 1. The molecule has 0 spiro atoms. The summed E-state index contributed by atoms with van der Waals surface area (Å²) in [6.45, 7) is 0. The van der Waals surface area contributed by atoms with Gasteiger partial charge in [0, 0.05) is 17.8 Å². The van der Waals surface area contributed by atoms with Crippen molar-refractivity contribution in [2.45, 2.75) is 25.2 Å². The van der Waals surface area contributed by atoms with Gasteiger partial charge in [0.25, 0.3) is 0 Å². The molecule has 0 aromatic carbocycles. The van der Waals surface area contributed by atoms with Crippen LogP contribution in [0.15, 0.2) is 16.7 Å². The zero-order valence-electron chi connectivity index (χ0n) is 6.76. The second kappa shape index (κ2) is 3.05. The number of anilines is 1. The molecule has 1 fully saturated rings. The molecule has 2 nitrogen and oxygen atoms in total. The first-order valence-electron chi connectivity index (χ1n) is 4.19. The minimum absolute atomic E-state index is 0.642. The van der Waals surface area contributed by atoms with Crippen molar-refractivity contribution in [3.05, 3.63) is 22.4 Å². The van der Waals surface area contributed by atoms with Crippen molar-refractivity contribution >= 4 is 21.6 Å². The summed E-state index contributed by atoms with van der Waals surface area (Å²) >= 11 is 3.47. The van der Waals surface area contributed by atoms with E-state index in [2.05, 4.69) is 20.9 Å². The summed E-state index contributed by atoms with van der Waals surface area (Å²) in [4.78, 5) is 4.33. The van der Waals surface area contributed by atoms with Crippen LogP contribution in [0.1, 0.15) is 30.9 Å². The molecule has 1 aliphatic carbocycles. The Kier molecular flexibility index (Phi) is 2.05. The van der Waals surface area contributed by atoms with Gasteiger partial charge in [-0.05, 0) is 34.8 Å². The van der Waals surface area contributed by atoms with Gasteiger partial charge in [-0.3, -0.25) is 4.98 Å². The molecule has 1 aromatic heterocycles. The molecule has 2 rings (SSSR count). The van der Waals surface area contributed by atoms with Gasteiger partial charge >= 0.3 is 0 Å². The SMILES string of the molecule is Nc1ccnc(C2CCC2)c1Br. The Morgan fingerprint density at radius 2 is 2.25 bits per heavy atom. The molecule has 2 N–H and O–H groups in total. The highest BCUT2D eigenvalue weighted by Gasteiger charge is 2.23. The molecule has 1 aliphatic rings. The normalized spacial score (nSPS) is 17.4. The lowest BCUT2D eigenvalue weighted by Gasteiger charge is -2.25. The van der Waals surface area contributed by atoms with Gasteiger partial charge in [0.05, 0.1) is 10.2 Å². The molecule has 12 heavy (non-hydrogen) atoms. The van der Waals surface area contributed by atoms with Crippen molar-refractivity contribution in [1.82, 2.24) is 4.98 Å². The van der Waals surface area contributed by atoms with E-state index in [0.29, 0.717) is 5.92 Å². The summed E-state index contributed by atoms with van der Waals surface area (Å²) in [5.74, 6) is 0.642. The average Bonchev–Trinajstić information content (AvgIpc) is 1.95. The van der Waals surface area contributed by atoms with Crippen LogP contribution in [0.25, 0.3) is 0 Å². The Bertz CT molecular complexity index is 295. The summed E-state index contributed by atoms with van der Waals surface area (Å²) in [5, 5.41) is 0. The molecule has 0 bridgehead atoms. The number of rotatable bonds is 1. The fourth-order valence-electron chi connectivity index (χ4n) is 1.44. The zero-order chi connectivity index (χ0) is 8.55. The third-order valence-electron chi connectivity index (χ3n) is 2.44. The van der Waals surface area contributed by atoms with Gasteiger partial charge in [0.2, 0.25) is 0 Å². The van der Waals surface area contributed by atoms with Gasteiger partial charge in [-0.15, -0.1) is 0 Å². The number of nitrogens with zero attached hydrogens (tertiary/aromatic N) is 1. The van der Waals surface area contributed by atoms with Gasteiger partial charge in [-0.1, -0.05) is 6.42 Å². The van der Waals surface area contributed by atoms with Crippen LogP contribution in [0.5, 0.6) is 0 Å². The van der Waals surface area contributed by atoms with Crippen molar-refractivity contribution in [1.29, 1.82) is 0 Å². The first-order chi connectivity index (χ1) is 5.79. The quantitative estimate of drug-likeness (QED) is 0.800. The summed E-state index contributed by atoms with van der Waals surface area (Å²) in [7, 11) is 0. The van der Waals surface area contributed by atoms with Crippen molar-refractivity contribution in [2.24, 2.45) is 0 Å². The highest BCUT2D eigenvalue weighted by atomic mass is 79.9. The predicted molar refractivity (Wildman–Crippen MR) is 52.9 cm³/mol. The molecular weight excluding hydrogens is 216 g/mol. The predicted octanol–water partition coefficient (Wildman–Crippen LogP) is 2.69. The Balaban J connectivity index is 2.36. The van der Waals surface area contributed by atoms with Crippen molar-refractivity contribution in [2.75, 3.05) is 5.73 Å². The standard InChI is InChI=1S/C9H11BrN2/c10-8-7(11)4-5-12-9(8)6-2-1-3-6/h4-6H,1-3H2,(H2,11,12). The molecule has 0 amide bonds. The Morgan fingerprint density at radius 1 is 1.50 bits per heavy atom. The number of nitrogens with two attached hydrogens (primary N) is 1. The van der Waals surface area contributed by atoms with E-state index in [9.17, 15) is 0 Å². The van der Waals surface area contributed by atoms with Crippen LogP contribution in [0.2, 0.25) is 0 Å². The van der Waals surface area contributed by atoms with E-state index in [0.717, 1.165) is 15.9 Å². The largest absolute Gasteiger partial charge is 0.398 e. The van der Waals surface area contributed by atoms with Gasteiger partial charge in [0.1, 0.15) is 0 Å². The van der Waals surface area contributed by atoms with Crippen molar-refractivity contribution in [3.63, 3.8) is 0 Å². The van der Waals surface area contributed by atoms with Crippen molar-refractivity contribution < 1.29 is 0 Å².